The van der Waals surface area contributed by atoms with Gasteiger partial charge in [-0.25, -0.2) is 14.2 Å². The molecule has 1 aromatic carbocycles. The zero-order valence-corrected chi connectivity index (χ0v) is 28.7. The van der Waals surface area contributed by atoms with Gasteiger partial charge in [-0.1, -0.05) is 32.9 Å². The largest absolute Gasteiger partial charge is 0.491 e. The van der Waals surface area contributed by atoms with Crippen LogP contribution < -0.4 is 15.4 Å². The average molecular weight is 666 g/mol. The third kappa shape index (κ3) is 9.82. The lowest BCUT2D eigenvalue weighted by atomic mass is 9.84. The number of anilines is 1. The van der Waals surface area contributed by atoms with E-state index in [9.17, 15) is 19.5 Å². The third-order valence-electron chi connectivity index (χ3n) is 9.71. The van der Waals surface area contributed by atoms with Crippen LogP contribution in [-0.2, 0) is 22.4 Å². The van der Waals surface area contributed by atoms with Gasteiger partial charge in [0.15, 0.2) is 11.6 Å². The van der Waals surface area contributed by atoms with Gasteiger partial charge in [0.1, 0.15) is 5.82 Å². The van der Waals surface area contributed by atoms with E-state index in [1.165, 1.54) is 11.6 Å². The molecule has 1 saturated carbocycles. The van der Waals surface area contributed by atoms with Crippen molar-refractivity contribution in [2.45, 2.75) is 103 Å². The number of nitrogens with zero attached hydrogens (tertiary/aromatic N) is 3. The summed E-state index contributed by atoms with van der Waals surface area (Å²) in [4.78, 5) is 45.5. The quantitative estimate of drug-likeness (QED) is 0.215. The SMILES string of the molecule is CC(C)(C)CC(=O)NC1CCC(CCOc2ccc([C@H](CC(=O)O)N3CCN(CCCc4ccc5c(n4)NCCC5)C3=O)cc2F)CC1. The van der Waals surface area contributed by atoms with Crippen LogP contribution >= 0.6 is 0 Å². The van der Waals surface area contributed by atoms with Gasteiger partial charge in [-0.05, 0) is 98.4 Å². The number of carboxylic acid groups (broad SMARTS) is 1. The van der Waals surface area contributed by atoms with Gasteiger partial charge in [0.2, 0.25) is 5.91 Å². The molecule has 1 aromatic heterocycles. The van der Waals surface area contributed by atoms with Gasteiger partial charge in [0.25, 0.3) is 0 Å². The molecule has 3 amide bonds. The number of aliphatic carboxylic acids is 1. The Kier molecular flexibility index (Phi) is 11.8. The molecule has 48 heavy (non-hydrogen) atoms. The summed E-state index contributed by atoms with van der Waals surface area (Å²) < 4.78 is 21.1. The summed E-state index contributed by atoms with van der Waals surface area (Å²) in [7, 11) is 0. The van der Waals surface area contributed by atoms with E-state index in [-0.39, 0.29) is 35.6 Å². The zero-order chi connectivity index (χ0) is 34.3. The van der Waals surface area contributed by atoms with Crippen molar-refractivity contribution < 1.29 is 28.6 Å². The molecular weight excluding hydrogens is 613 g/mol. The van der Waals surface area contributed by atoms with E-state index in [0.717, 1.165) is 75.8 Å². The molecule has 1 saturated heterocycles. The molecule has 2 aliphatic heterocycles. The van der Waals surface area contributed by atoms with Crippen molar-refractivity contribution in [1.29, 1.82) is 0 Å². The Balaban J connectivity index is 1.09. The molecule has 3 aliphatic rings. The van der Waals surface area contributed by atoms with Crippen molar-refractivity contribution in [3.63, 3.8) is 0 Å². The number of aromatic nitrogens is 1. The maximum atomic E-state index is 15.3. The van der Waals surface area contributed by atoms with Crippen molar-refractivity contribution in [3.05, 3.63) is 53.0 Å². The molecule has 0 bridgehead atoms. The fourth-order valence-corrected chi connectivity index (χ4v) is 7.16. The number of amides is 3. The number of pyridine rings is 1. The molecule has 0 radical (unpaired) electrons. The number of hydrogen-bond donors (Lipinski definition) is 3. The van der Waals surface area contributed by atoms with E-state index < -0.39 is 17.8 Å². The van der Waals surface area contributed by atoms with Gasteiger partial charge in [0.05, 0.1) is 19.1 Å². The van der Waals surface area contributed by atoms with Crippen LogP contribution in [0.1, 0.15) is 101 Å². The van der Waals surface area contributed by atoms with Gasteiger partial charge < -0.3 is 30.3 Å². The first-order valence-electron chi connectivity index (χ1n) is 17.7. The predicted octanol–water partition coefficient (Wildman–Crippen LogP) is 6.35. The van der Waals surface area contributed by atoms with E-state index in [0.29, 0.717) is 44.1 Å². The second-order valence-corrected chi connectivity index (χ2v) is 14.9. The highest BCUT2D eigenvalue weighted by molar-refractivity contribution is 5.78. The highest BCUT2D eigenvalue weighted by Gasteiger charge is 2.36. The first-order valence-corrected chi connectivity index (χ1v) is 17.7. The number of carbonyl (C=O) groups excluding carboxylic acids is 2. The standard InChI is InChI=1S/C37H52FN5O5/c1-37(2,3)24-33(44)40-29-12-8-25(9-13-29)16-21-48-32-15-11-27(22-30(32)38)31(23-34(45)46)43-20-19-42(36(43)47)18-5-7-28-14-10-26-6-4-17-39-35(26)41-28/h10-11,14-15,22,25,29,31H,4-9,12-13,16-21,23-24H2,1-3H3,(H,39,41)(H,40,44)(H,45,46)/t25?,29?,31-/m0/s1. The van der Waals surface area contributed by atoms with E-state index in [2.05, 4.69) is 43.5 Å². The fraction of sp³-hybridized carbons (Fsp3) is 0.622. The maximum absolute atomic E-state index is 15.3. The van der Waals surface area contributed by atoms with Crippen molar-refractivity contribution in [2.75, 3.05) is 38.1 Å². The molecule has 3 heterocycles. The van der Waals surface area contributed by atoms with Crippen LogP contribution in [0, 0.1) is 17.2 Å². The summed E-state index contributed by atoms with van der Waals surface area (Å²) in [5.41, 5.74) is 2.63. The molecular formula is C37H52FN5O5. The summed E-state index contributed by atoms with van der Waals surface area (Å²) in [6, 6.07) is 7.90. The van der Waals surface area contributed by atoms with Gasteiger partial charge in [-0.3, -0.25) is 9.59 Å². The van der Waals surface area contributed by atoms with Gasteiger partial charge in [-0.2, -0.15) is 0 Å². The fourth-order valence-electron chi connectivity index (χ4n) is 7.16. The molecule has 1 aliphatic carbocycles. The minimum absolute atomic E-state index is 0.0325. The number of urea groups is 1. The Bertz CT molecular complexity index is 1440. The van der Waals surface area contributed by atoms with Crippen molar-refractivity contribution in [2.24, 2.45) is 11.3 Å². The van der Waals surface area contributed by atoms with Crippen LogP contribution in [0.5, 0.6) is 5.75 Å². The lowest BCUT2D eigenvalue weighted by Crippen LogP contribution is -2.39. The number of carboxylic acids is 1. The van der Waals surface area contributed by atoms with Gasteiger partial charge >= 0.3 is 12.0 Å². The van der Waals surface area contributed by atoms with Crippen LogP contribution in [0.15, 0.2) is 30.3 Å². The first kappa shape index (κ1) is 35.4. The lowest BCUT2D eigenvalue weighted by Gasteiger charge is -2.30. The number of aryl methyl sites for hydroxylation is 2. The predicted molar refractivity (Wildman–Crippen MR) is 183 cm³/mol. The third-order valence-corrected chi connectivity index (χ3v) is 9.71. The Morgan fingerprint density at radius 3 is 2.67 bits per heavy atom. The van der Waals surface area contributed by atoms with E-state index in [1.54, 1.807) is 21.9 Å². The molecule has 1 atom stereocenters. The smallest absolute Gasteiger partial charge is 0.320 e. The topological polar surface area (TPSA) is 124 Å². The number of fused-ring (bicyclic) bond motifs is 1. The summed E-state index contributed by atoms with van der Waals surface area (Å²) in [5.74, 6) is 0.0259. The highest BCUT2D eigenvalue weighted by Crippen LogP contribution is 2.32. The molecule has 0 spiro atoms. The normalized spacial score (nSPS) is 20.2. The highest BCUT2D eigenvalue weighted by atomic mass is 19.1. The Morgan fingerprint density at radius 1 is 1.15 bits per heavy atom. The Labute approximate surface area is 283 Å². The average Bonchev–Trinajstić information content (AvgIpc) is 3.39. The van der Waals surface area contributed by atoms with E-state index in [4.69, 9.17) is 9.72 Å². The summed E-state index contributed by atoms with van der Waals surface area (Å²) in [6.07, 6.45) is 8.47. The summed E-state index contributed by atoms with van der Waals surface area (Å²) in [6.45, 7) is 8.89. The van der Waals surface area contributed by atoms with Crippen molar-refractivity contribution >= 4 is 23.7 Å². The van der Waals surface area contributed by atoms with Crippen LogP contribution in [0.4, 0.5) is 15.0 Å². The molecule has 5 rings (SSSR count). The molecule has 10 nitrogen and oxygen atoms in total. The van der Waals surface area contributed by atoms with Crippen LogP contribution in [0.3, 0.4) is 0 Å². The molecule has 3 N–H and O–H groups in total. The molecule has 2 fully saturated rings. The molecule has 11 heteroatoms. The molecule has 262 valence electrons. The molecule has 0 unspecified atom stereocenters. The Morgan fingerprint density at radius 2 is 1.94 bits per heavy atom. The number of carbonyl (C=O) groups is 3. The van der Waals surface area contributed by atoms with Crippen LogP contribution in [0.2, 0.25) is 0 Å². The number of halogens is 1. The van der Waals surface area contributed by atoms with Gasteiger partial charge in [-0.15, -0.1) is 0 Å². The minimum Gasteiger partial charge on any atom is -0.491 e. The number of ether oxygens (including phenoxy) is 1. The van der Waals surface area contributed by atoms with Crippen molar-refractivity contribution in [3.8, 4) is 5.75 Å². The number of benzene rings is 1. The van der Waals surface area contributed by atoms with Crippen LogP contribution in [0.25, 0.3) is 0 Å². The van der Waals surface area contributed by atoms with E-state index in [1.807, 2.05) is 0 Å². The summed E-state index contributed by atoms with van der Waals surface area (Å²) in [5, 5.41) is 16.2. The van der Waals surface area contributed by atoms with Gasteiger partial charge in [0, 0.05) is 44.3 Å². The van der Waals surface area contributed by atoms with Crippen LogP contribution in [-0.4, -0.2) is 76.6 Å². The number of rotatable bonds is 14. The summed E-state index contributed by atoms with van der Waals surface area (Å²) >= 11 is 0. The second kappa shape index (κ2) is 16.0. The maximum Gasteiger partial charge on any atom is 0.320 e. The second-order valence-electron chi connectivity index (χ2n) is 14.9. The van der Waals surface area contributed by atoms with Crippen molar-refractivity contribution in [1.82, 2.24) is 20.1 Å². The lowest BCUT2D eigenvalue weighted by molar-refractivity contribution is -0.138. The Hall–Kier alpha value is -3.89. The minimum atomic E-state index is -1.05. The number of nitrogens with one attached hydrogen (secondary N) is 2. The zero-order valence-electron chi connectivity index (χ0n) is 28.7. The van der Waals surface area contributed by atoms with E-state index >= 15 is 4.39 Å². The first-order chi connectivity index (χ1) is 22.9. The number of hydrogen-bond acceptors (Lipinski definition) is 6. The monoisotopic (exact) mass is 665 g/mol. The molecule has 2 aromatic rings.